The summed E-state index contributed by atoms with van der Waals surface area (Å²) >= 11 is 1.27. The summed E-state index contributed by atoms with van der Waals surface area (Å²) in [5.74, 6) is -0.351. The van der Waals surface area contributed by atoms with Crippen molar-refractivity contribution in [2.24, 2.45) is 0 Å². The minimum atomic E-state index is -0.245. The molecule has 138 valence electrons. The Balaban J connectivity index is 1.65. The molecule has 1 heterocycles. The fourth-order valence-electron chi connectivity index (χ4n) is 2.30. The molecule has 1 aliphatic carbocycles. The van der Waals surface area contributed by atoms with E-state index in [1.165, 1.54) is 17.5 Å². The molecule has 1 saturated carbocycles. The molecule has 1 fully saturated rings. The number of carbonyl (C=O) groups excluding carboxylic acids is 2. The van der Waals surface area contributed by atoms with Gasteiger partial charge in [-0.15, -0.1) is 0 Å². The molecule has 2 aromatic rings. The van der Waals surface area contributed by atoms with Gasteiger partial charge in [-0.25, -0.2) is 4.98 Å². The van der Waals surface area contributed by atoms with Gasteiger partial charge in [-0.2, -0.15) is 0 Å². The lowest BCUT2D eigenvalue weighted by Gasteiger charge is -2.10. The molecule has 8 heteroatoms. The summed E-state index contributed by atoms with van der Waals surface area (Å²) in [6.07, 6.45) is 3.61. The molecular formula is C18H22N4O3S. The average molecular weight is 374 g/mol. The van der Waals surface area contributed by atoms with Crippen LogP contribution in [-0.2, 0) is 4.74 Å². The molecule has 7 nitrogen and oxygen atoms in total. The van der Waals surface area contributed by atoms with E-state index < -0.39 is 0 Å². The maximum Gasteiger partial charge on any atom is 0.267 e. The zero-order valence-electron chi connectivity index (χ0n) is 14.8. The minimum absolute atomic E-state index is 0.106. The van der Waals surface area contributed by atoms with Gasteiger partial charge in [0.1, 0.15) is 4.88 Å². The molecule has 0 radical (unpaired) electrons. The molecule has 0 spiro atoms. The van der Waals surface area contributed by atoms with Crippen LogP contribution in [0.1, 0.15) is 38.4 Å². The van der Waals surface area contributed by atoms with Crippen LogP contribution in [0.5, 0.6) is 0 Å². The predicted molar refractivity (Wildman–Crippen MR) is 102 cm³/mol. The molecule has 0 aliphatic heterocycles. The number of methoxy groups -OCH3 is 1. The third-order valence-electron chi connectivity index (χ3n) is 3.97. The number of carbonyl (C=O) groups is 2. The second-order valence-electron chi connectivity index (χ2n) is 6.18. The Labute approximate surface area is 156 Å². The molecule has 0 atom stereocenters. The number of ether oxygens (including phenoxy) is 1. The fraction of sp³-hybridized carbons (Fsp3) is 0.389. The van der Waals surface area contributed by atoms with Gasteiger partial charge in [0.05, 0.1) is 12.8 Å². The maximum absolute atomic E-state index is 12.5. The maximum atomic E-state index is 12.5. The predicted octanol–water partition coefficient (Wildman–Crippen LogP) is 2.65. The van der Waals surface area contributed by atoms with Gasteiger partial charge in [0.2, 0.25) is 0 Å². The Morgan fingerprint density at radius 3 is 2.85 bits per heavy atom. The lowest BCUT2D eigenvalue weighted by atomic mass is 10.1. The molecule has 3 N–H and O–H groups in total. The number of aromatic nitrogens is 1. The van der Waals surface area contributed by atoms with Crippen molar-refractivity contribution >= 4 is 34.0 Å². The zero-order valence-corrected chi connectivity index (χ0v) is 15.6. The van der Waals surface area contributed by atoms with Crippen LogP contribution in [0.25, 0.3) is 0 Å². The summed E-state index contributed by atoms with van der Waals surface area (Å²) in [5.41, 5.74) is 2.06. The fourth-order valence-corrected chi connectivity index (χ4v) is 3.04. The van der Waals surface area contributed by atoms with E-state index in [-0.39, 0.29) is 11.8 Å². The Kier molecular flexibility index (Phi) is 5.85. The summed E-state index contributed by atoms with van der Waals surface area (Å²) in [7, 11) is 1.63. The van der Waals surface area contributed by atoms with Crippen molar-refractivity contribution in [2.45, 2.75) is 25.8 Å². The SMILES string of the molecule is COCCNc1ncc(C(=O)Nc2cc(C(=O)NC3CC3)ccc2C)s1. The first-order chi connectivity index (χ1) is 12.6. The van der Waals surface area contributed by atoms with E-state index in [1.54, 1.807) is 19.2 Å². The lowest BCUT2D eigenvalue weighted by Crippen LogP contribution is -2.25. The van der Waals surface area contributed by atoms with E-state index in [1.807, 2.05) is 13.0 Å². The van der Waals surface area contributed by atoms with Gasteiger partial charge in [0, 0.05) is 30.9 Å². The molecule has 3 rings (SSSR count). The number of anilines is 2. The van der Waals surface area contributed by atoms with E-state index in [4.69, 9.17) is 4.74 Å². The normalized spacial score (nSPS) is 13.3. The van der Waals surface area contributed by atoms with Gasteiger partial charge in [0.25, 0.3) is 11.8 Å². The summed E-state index contributed by atoms with van der Waals surface area (Å²) in [4.78, 5) is 29.4. The second-order valence-corrected chi connectivity index (χ2v) is 7.21. The molecule has 2 amide bonds. The van der Waals surface area contributed by atoms with E-state index in [0.717, 1.165) is 18.4 Å². The second kappa shape index (κ2) is 8.29. The Hall–Kier alpha value is -2.45. The lowest BCUT2D eigenvalue weighted by molar-refractivity contribution is 0.0949. The average Bonchev–Trinajstić information content (AvgIpc) is 3.31. The third-order valence-corrected chi connectivity index (χ3v) is 4.93. The number of hydrogen-bond donors (Lipinski definition) is 3. The number of hydrogen-bond acceptors (Lipinski definition) is 6. The zero-order chi connectivity index (χ0) is 18.5. The summed E-state index contributed by atoms with van der Waals surface area (Å²) < 4.78 is 4.97. The first-order valence-corrected chi connectivity index (χ1v) is 9.30. The number of thiazole rings is 1. The molecule has 1 aromatic carbocycles. The smallest absolute Gasteiger partial charge is 0.267 e. The van der Waals surface area contributed by atoms with Crippen molar-refractivity contribution in [3.8, 4) is 0 Å². The molecule has 1 aromatic heterocycles. The third kappa shape index (κ3) is 4.80. The van der Waals surface area contributed by atoms with Gasteiger partial charge in [-0.05, 0) is 37.5 Å². The highest BCUT2D eigenvalue weighted by Crippen LogP contribution is 2.23. The highest BCUT2D eigenvalue weighted by atomic mass is 32.1. The van der Waals surface area contributed by atoms with Crippen LogP contribution in [0.2, 0.25) is 0 Å². The van der Waals surface area contributed by atoms with Gasteiger partial charge >= 0.3 is 0 Å². The molecular weight excluding hydrogens is 352 g/mol. The number of rotatable bonds is 8. The number of benzene rings is 1. The molecule has 0 saturated heterocycles. The minimum Gasteiger partial charge on any atom is -0.383 e. The summed E-state index contributed by atoms with van der Waals surface area (Å²) in [6.45, 7) is 3.08. The summed E-state index contributed by atoms with van der Waals surface area (Å²) in [5, 5.41) is 9.58. The highest BCUT2D eigenvalue weighted by molar-refractivity contribution is 7.17. The van der Waals surface area contributed by atoms with E-state index in [9.17, 15) is 9.59 Å². The van der Waals surface area contributed by atoms with E-state index in [0.29, 0.717) is 40.5 Å². The number of amides is 2. The monoisotopic (exact) mass is 374 g/mol. The largest absolute Gasteiger partial charge is 0.383 e. The van der Waals surface area contributed by atoms with Gasteiger partial charge in [-0.1, -0.05) is 17.4 Å². The van der Waals surface area contributed by atoms with E-state index in [2.05, 4.69) is 20.9 Å². The Morgan fingerprint density at radius 1 is 1.31 bits per heavy atom. The van der Waals surface area contributed by atoms with Crippen LogP contribution >= 0.6 is 11.3 Å². The van der Waals surface area contributed by atoms with Crippen LogP contribution in [0.3, 0.4) is 0 Å². The Morgan fingerprint density at radius 2 is 2.12 bits per heavy atom. The van der Waals surface area contributed by atoms with Crippen LogP contribution in [0, 0.1) is 6.92 Å². The van der Waals surface area contributed by atoms with Crippen molar-refractivity contribution in [1.82, 2.24) is 10.3 Å². The highest BCUT2D eigenvalue weighted by Gasteiger charge is 2.24. The number of aryl methyl sites for hydroxylation is 1. The molecule has 26 heavy (non-hydrogen) atoms. The standard InChI is InChI=1S/C18H22N4O3S/c1-11-3-4-12(16(23)21-13-5-6-13)9-14(11)22-17(24)15-10-20-18(26-15)19-7-8-25-2/h3-4,9-10,13H,5-8H2,1-2H3,(H,19,20)(H,21,23)(H,22,24). The van der Waals surface area contributed by atoms with E-state index >= 15 is 0 Å². The van der Waals surface area contributed by atoms with Gasteiger partial charge in [-0.3, -0.25) is 9.59 Å². The van der Waals surface area contributed by atoms with Gasteiger partial charge < -0.3 is 20.7 Å². The topological polar surface area (TPSA) is 92.3 Å². The van der Waals surface area contributed by atoms with Crippen LogP contribution < -0.4 is 16.0 Å². The number of nitrogens with one attached hydrogen (secondary N) is 3. The Bertz CT molecular complexity index is 801. The van der Waals surface area contributed by atoms with Crippen LogP contribution in [0.15, 0.2) is 24.4 Å². The molecule has 0 bridgehead atoms. The van der Waals surface area contributed by atoms with Crippen LogP contribution in [0.4, 0.5) is 10.8 Å². The first kappa shape index (κ1) is 18.3. The summed E-state index contributed by atoms with van der Waals surface area (Å²) in [6, 6.07) is 5.61. The van der Waals surface area contributed by atoms with Crippen molar-refractivity contribution in [2.75, 3.05) is 30.9 Å². The first-order valence-electron chi connectivity index (χ1n) is 8.48. The quantitative estimate of drug-likeness (QED) is 0.618. The van der Waals surface area contributed by atoms with Crippen LogP contribution in [-0.4, -0.2) is 43.1 Å². The molecule has 0 unspecified atom stereocenters. The van der Waals surface area contributed by atoms with Crippen molar-refractivity contribution in [3.05, 3.63) is 40.4 Å². The number of nitrogens with zero attached hydrogens (tertiary/aromatic N) is 1. The van der Waals surface area contributed by atoms with Crippen molar-refractivity contribution in [3.63, 3.8) is 0 Å². The van der Waals surface area contributed by atoms with Crippen molar-refractivity contribution < 1.29 is 14.3 Å². The molecule has 1 aliphatic rings. The van der Waals surface area contributed by atoms with Crippen molar-refractivity contribution in [1.29, 1.82) is 0 Å². The van der Waals surface area contributed by atoms with Gasteiger partial charge in [0.15, 0.2) is 5.13 Å².